The maximum atomic E-state index is 5.54. The van der Waals surface area contributed by atoms with E-state index in [2.05, 4.69) is 13.8 Å². The van der Waals surface area contributed by atoms with Crippen LogP contribution in [0.1, 0.15) is 84.5 Å². The smallest absolute Gasteiger partial charge is 0.00747 e. The van der Waals surface area contributed by atoms with E-state index in [0.717, 1.165) is 12.5 Å². The molecule has 0 aromatic heterocycles. The largest absolute Gasteiger partial charge is 0.330 e. The lowest BCUT2D eigenvalue weighted by Gasteiger charge is -2.09. The molecule has 1 nitrogen and oxygen atoms in total. The highest BCUT2D eigenvalue weighted by atomic mass is 14.5. The summed E-state index contributed by atoms with van der Waals surface area (Å²) < 4.78 is 0. The molecule has 0 aliphatic heterocycles. The average molecular weight is 227 g/mol. The van der Waals surface area contributed by atoms with Crippen molar-refractivity contribution in [1.29, 1.82) is 0 Å². The van der Waals surface area contributed by atoms with Gasteiger partial charge in [0.1, 0.15) is 0 Å². The van der Waals surface area contributed by atoms with Gasteiger partial charge in [0, 0.05) is 0 Å². The van der Waals surface area contributed by atoms with Crippen LogP contribution in [-0.2, 0) is 0 Å². The van der Waals surface area contributed by atoms with E-state index in [-0.39, 0.29) is 0 Å². The van der Waals surface area contributed by atoms with Crippen LogP contribution < -0.4 is 5.73 Å². The van der Waals surface area contributed by atoms with Crippen LogP contribution in [0.3, 0.4) is 0 Å². The second kappa shape index (κ2) is 13.0. The zero-order valence-electron chi connectivity index (χ0n) is 11.6. The van der Waals surface area contributed by atoms with Gasteiger partial charge in [0.2, 0.25) is 0 Å². The molecule has 0 aromatic rings. The van der Waals surface area contributed by atoms with Crippen LogP contribution in [0, 0.1) is 5.92 Å². The van der Waals surface area contributed by atoms with Crippen LogP contribution in [-0.4, -0.2) is 6.54 Å². The Morgan fingerprint density at radius 2 is 1.25 bits per heavy atom. The third-order valence-electron chi connectivity index (χ3n) is 3.46. The first-order valence-corrected chi connectivity index (χ1v) is 7.51. The molecule has 1 heteroatoms. The monoisotopic (exact) mass is 227 g/mol. The predicted molar refractivity (Wildman–Crippen MR) is 74.7 cm³/mol. The van der Waals surface area contributed by atoms with Gasteiger partial charge in [-0.3, -0.25) is 0 Å². The van der Waals surface area contributed by atoms with Crippen LogP contribution in [0.2, 0.25) is 0 Å². The molecule has 0 saturated heterocycles. The second-order valence-corrected chi connectivity index (χ2v) is 5.30. The van der Waals surface area contributed by atoms with E-state index in [1.807, 2.05) is 0 Å². The van der Waals surface area contributed by atoms with Crippen molar-refractivity contribution in [3.63, 3.8) is 0 Å². The van der Waals surface area contributed by atoms with Gasteiger partial charge in [-0.25, -0.2) is 0 Å². The predicted octanol–water partition coefficient (Wildman–Crippen LogP) is 4.89. The van der Waals surface area contributed by atoms with Crippen LogP contribution in [0.4, 0.5) is 0 Å². The Kier molecular flexibility index (Phi) is 13.0. The molecule has 0 amide bonds. The fourth-order valence-corrected chi connectivity index (χ4v) is 2.23. The summed E-state index contributed by atoms with van der Waals surface area (Å²) in [5.41, 5.74) is 5.54. The van der Waals surface area contributed by atoms with E-state index in [0.29, 0.717) is 0 Å². The van der Waals surface area contributed by atoms with Crippen molar-refractivity contribution in [2.24, 2.45) is 11.7 Å². The van der Waals surface area contributed by atoms with Crippen molar-refractivity contribution in [2.45, 2.75) is 84.5 Å². The fraction of sp³-hybridized carbons (Fsp3) is 1.00. The molecular weight excluding hydrogens is 194 g/mol. The summed E-state index contributed by atoms with van der Waals surface area (Å²) >= 11 is 0. The Bertz CT molecular complexity index is 123. The Hall–Kier alpha value is -0.0400. The lowest BCUT2D eigenvalue weighted by Crippen LogP contribution is -2.05. The Morgan fingerprint density at radius 3 is 1.75 bits per heavy atom. The van der Waals surface area contributed by atoms with Crippen LogP contribution in [0.5, 0.6) is 0 Å². The number of hydrogen-bond acceptors (Lipinski definition) is 1. The van der Waals surface area contributed by atoms with Crippen LogP contribution in [0.25, 0.3) is 0 Å². The summed E-state index contributed by atoms with van der Waals surface area (Å²) in [5, 5.41) is 0. The van der Waals surface area contributed by atoms with Gasteiger partial charge in [-0.1, -0.05) is 78.1 Å². The van der Waals surface area contributed by atoms with Crippen LogP contribution in [0.15, 0.2) is 0 Å². The minimum absolute atomic E-state index is 0.842. The van der Waals surface area contributed by atoms with Crippen molar-refractivity contribution in [1.82, 2.24) is 0 Å². The van der Waals surface area contributed by atoms with Gasteiger partial charge in [0.15, 0.2) is 0 Å². The average Bonchev–Trinajstić information content (AvgIpc) is 2.27. The van der Waals surface area contributed by atoms with E-state index < -0.39 is 0 Å². The van der Waals surface area contributed by atoms with E-state index in [1.165, 1.54) is 70.6 Å². The van der Waals surface area contributed by atoms with Gasteiger partial charge in [-0.2, -0.15) is 0 Å². The van der Waals surface area contributed by atoms with Gasteiger partial charge >= 0.3 is 0 Å². The number of nitrogens with two attached hydrogens (primary N) is 1. The minimum Gasteiger partial charge on any atom is -0.330 e. The van der Waals surface area contributed by atoms with E-state index in [4.69, 9.17) is 5.73 Å². The summed E-state index contributed by atoms with van der Waals surface area (Å²) in [5.74, 6) is 0.842. The Balaban J connectivity index is 2.98. The molecular formula is C15H33N. The van der Waals surface area contributed by atoms with Crippen LogP contribution >= 0.6 is 0 Å². The molecule has 0 spiro atoms. The molecule has 0 heterocycles. The molecule has 0 aliphatic rings. The molecule has 1 atom stereocenters. The van der Waals surface area contributed by atoms with Crippen molar-refractivity contribution in [3.05, 3.63) is 0 Å². The number of unbranched alkanes of at least 4 members (excludes halogenated alkanes) is 8. The Labute approximate surface area is 103 Å². The highest BCUT2D eigenvalue weighted by Gasteiger charge is 1.99. The summed E-state index contributed by atoms with van der Waals surface area (Å²) in [6.07, 6.45) is 15.5. The van der Waals surface area contributed by atoms with Crippen molar-refractivity contribution in [2.75, 3.05) is 6.54 Å². The standard InChI is InChI=1S/C15H33N/c1-3-4-5-6-7-8-9-10-11-12-15(2)13-14-16/h15H,3-14,16H2,1-2H3. The second-order valence-electron chi connectivity index (χ2n) is 5.30. The maximum absolute atomic E-state index is 5.54. The molecule has 2 N–H and O–H groups in total. The first-order valence-electron chi connectivity index (χ1n) is 7.51. The number of rotatable bonds is 12. The lowest BCUT2D eigenvalue weighted by atomic mass is 9.99. The summed E-state index contributed by atoms with van der Waals surface area (Å²) in [6.45, 7) is 5.47. The third kappa shape index (κ3) is 12.0. The van der Waals surface area contributed by atoms with Gasteiger partial charge in [0.25, 0.3) is 0 Å². The first-order chi connectivity index (χ1) is 7.81. The SMILES string of the molecule is CCCCCCCCCCCC(C)CCN. The van der Waals surface area contributed by atoms with Gasteiger partial charge in [0.05, 0.1) is 0 Å². The summed E-state index contributed by atoms with van der Waals surface area (Å²) in [6, 6.07) is 0. The van der Waals surface area contributed by atoms with E-state index >= 15 is 0 Å². The molecule has 16 heavy (non-hydrogen) atoms. The van der Waals surface area contributed by atoms with E-state index in [9.17, 15) is 0 Å². The molecule has 0 aliphatic carbocycles. The molecule has 0 saturated carbocycles. The lowest BCUT2D eigenvalue weighted by molar-refractivity contribution is 0.459. The van der Waals surface area contributed by atoms with Gasteiger partial charge in [-0.15, -0.1) is 0 Å². The van der Waals surface area contributed by atoms with Crippen molar-refractivity contribution < 1.29 is 0 Å². The van der Waals surface area contributed by atoms with Crippen molar-refractivity contribution >= 4 is 0 Å². The molecule has 0 bridgehead atoms. The topological polar surface area (TPSA) is 26.0 Å². The van der Waals surface area contributed by atoms with E-state index in [1.54, 1.807) is 0 Å². The molecule has 1 unspecified atom stereocenters. The van der Waals surface area contributed by atoms with Crippen molar-refractivity contribution in [3.8, 4) is 0 Å². The molecule has 98 valence electrons. The zero-order valence-corrected chi connectivity index (χ0v) is 11.6. The number of hydrogen-bond donors (Lipinski definition) is 1. The minimum atomic E-state index is 0.842. The normalized spacial score (nSPS) is 12.9. The molecule has 0 radical (unpaired) electrons. The molecule has 0 aromatic carbocycles. The highest BCUT2D eigenvalue weighted by molar-refractivity contribution is 4.54. The highest BCUT2D eigenvalue weighted by Crippen LogP contribution is 2.14. The van der Waals surface area contributed by atoms with Gasteiger partial charge < -0.3 is 5.73 Å². The zero-order chi connectivity index (χ0) is 12.1. The maximum Gasteiger partial charge on any atom is -0.00747 e. The molecule has 0 rings (SSSR count). The summed E-state index contributed by atoms with van der Waals surface area (Å²) in [7, 11) is 0. The van der Waals surface area contributed by atoms with Gasteiger partial charge in [-0.05, 0) is 18.9 Å². The molecule has 0 fully saturated rings. The fourth-order valence-electron chi connectivity index (χ4n) is 2.23. The quantitative estimate of drug-likeness (QED) is 0.472. The Morgan fingerprint density at radius 1 is 0.750 bits per heavy atom. The first kappa shape index (κ1) is 16.0. The summed E-state index contributed by atoms with van der Waals surface area (Å²) in [4.78, 5) is 0. The third-order valence-corrected chi connectivity index (χ3v) is 3.46.